The van der Waals surface area contributed by atoms with E-state index in [2.05, 4.69) is 6.58 Å². The summed E-state index contributed by atoms with van der Waals surface area (Å²) in [6.45, 7) is 7.02. The molecule has 0 atom stereocenters. The number of sulfonamides is 1. The number of carbonyl (C=O) groups is 2. The van der Waals surface area contributed by atoms with E-state index in [0.29, 0.717) is 0 Å². The first-order valence-corrected chi connectivity index (χ1v) is 10.3. The molecule has 142 valence electrons. The van der Waals surface area contributed by atoms with Crippen molar-refractivity contribution < 1.29 is 18.0 Å². The van der Waals surface area contributed by atoms with Crippen LogP contribution in [0.25, 0.3) is 0 Å². The van der Waals surface area contributed by atoms with Gasteiger partial charge in [-0.05, 0) is 26.0 Å². The molecule has 0 spiro atoms. The molecule has 2 rings (SSSR count). The van der Waals surface area contributed by atoms with E-state index in [4.69, 9.17) is 23.2 Å². The van der Waals surface area contributed by atoms with Crippen LogP contribution in [0.2, 0.25) is 10.0 Å². The summed E-state index contributed by atoms with van der Waals surface area (Å²) in [5.74, 6) is -0.450. The van der Waals surface area contributed by atoms with Crippen LogP contribution in [0.15, 0.2) is 24.8 Å². The first-order valence-electron chi connectivity index (χ1n) is 7.70. The molecule has 1 aliphatic heterocycles. The first-order chi connectivity index (χ1) is 12.0. The van der Waals surface area contributed by atoms with Gasteiger partial charge in [-0.1, -0.05) is 29.3 Å². The van der Waals surface area contributed by atoms with Gasteiger partial charge in [-0.2, -0.15) is 0 Å². The van der Waals surface area contributed by atoms with E-state index in [9.17, 15) is 18.0 Å². The minimum Gasteiger partial charge on any atom is -0.312 e. The number of benzene rings is 1. The van der Waals surface area contributed by atoms with Crippen LogP contribution in [-0.4, -0.2) is 50.6 Å². The van der Waals surface area contributed by atoms with Gasteiger partial charge in [0.05, 0.1) is 34.2 Å². The SMILES string of the molecule is C=CCN(c1cc(N2C(=O)CN(C(C)C)C2=O)c(Cl)cc1Cl)S(C)(=O)=O. The molecule has 0 N–H and O–H groups in total. The lowest BCUT2D eigenvalue weighted by Crippen LogP contribution is -2.37. The molecule has 26 heavy (non-hydrogen) atoms. The summed E-state index contributed by atoms with van der Waals surface area (Å²) in [6.07, 6.45) is 2.42. The standard InChI is InChI=1S/C16H19Cl2N3O4S/c1-5-6-20(26(4,24)25)13-8-14(12(18)7-11(13)17)21-15(22)9-19(10(2)3)16(21)23/h5,7-8,10H,1,6,9H2,2-4H3. The average molecular weight is 420 g/mol. The molecule has 0 unspecified atom stereocenters. The van der Waals surface area contributed by atoms with Crippen molar-refractivity contribution in [2.24, 2.45) is 0 Å². The van der Waals surface area contributed by atoms with Crippen molar-refractivity contribution >= 4 is 56.5 Å². The number of amides is 3. The third-order valence-electron chi connectivity index (χ3n) is 3.84. The second kappa shape index (κ2) is 7.46. The van der Waals surface area contributed by atoms with Crippen LogP contribution in [0.4, 0.5) is 16.2 Å². The van der Waals surface area contributed by atoms with Crippen molar-refractivity contribution in [3.8, 4) is 0 Å². The number of hydrogen-bond donors (Lipinski definition) is 0. The summed E-state index contributed by atoms with van der Waals surface area (Å²) in [4.78, 5) is 27.3. The molecule has 0 radical (unpaired) electrons. The maximum Gasteiger partial charge on any atom is 0.332 e. The fourth-order valence-electron chi connectivity index (χ4n) is 2.58. The van der Waals surface area contributed by atoms with Crippen LogP contribution < -0.4 is 9.21 Å². The van der Waals surface area contributed by atoms with E-state index in [1.807, 2.05) is 0 Å². The molecule has 0 bridgehead atoms. The van der Waals surface area contributed by atoms with Gasteiger partial charge in [0.15, 0.2) is 0 Å². The molecule has 0 aliphatic carbocycles. The van der Waals surface area contributed by atoms with Gasteiger partial charge in [0.25, 0.3) is 5.91 Å². The van der Waals surface area contributed by atoms with E-state index in [-0.39, 0.29) is 40.6 Å². The van der Waals surface area contributed by atoms with Crippen molar-refractivity contribution in [1.29, 1.82) is 0 Å². The van der Waals surface area contributed by atoms with Gasteiger partial charge in [-0.3, -0.25) is 9.10 Å². The fourth-order valence-corrected chi connectivity index (χ4v) is 4.08. The summed E-state index contributed by atoms with van der Waals surface area (Å²) in [5, 5.41) is 0.143. The van der Waals surface area contributed by atoms with Crippen molar-refractivity contribution in [3.05, 3.63) is 34.8 Å². The second-order valence-electron chi connectivity index (χ2n) is 6.07. The van der Waals surface area contributed by atoms with Gasteiger partial charge in [-0.25, -0.2) is 18.1 Å². The highest BCUT2D eigenvalue weighted by Crippen LogP contribution is 2.39. The van der Waals surface area contributed by atoms with Gasteiger partial charge in [0.2, 0.25) is 10.0 Å². The lowest BCUT2D eigenvalue weighted by molar-refractivity contribution is -0.116. The molecule has 1 aromatic rings. The van der Waals surface area contributed by atoms with Gasteiger partial charge in [-0.15, -0.1) is 6.58 Å². The van der Waals surface area contributed by atoms with Crippen LogP contribution in [0.1, 0.15) is 13.8 Å². The smallest absolute Gasteiger partial charge is 0.312 e. The number of rotatable bonds is 6. The van der Waals surface area contributed by atoms with Gasteiger partial charge >= 0.3 is 6.03 Å². The Morgan fingerprint density at radius 1 is 1.27 bits per heavy atom. The Kier molecular flexibility index (Phi) is 5.89. The van der Waals surface area contributed by atoms with E-state index < -0.39 is 22.0 Å². The van der Waals surface area contributed by atoms with Crippen LogP contribution in [0.5, 0.6) is 0 Å². The number of imide groups is 1. The highest BCUT2D eigenvalue weighted by atomic mass is 35.5. The summed E-state index contributed by atoms with van der Waals surface area (Å²) >= 11 is 12.4. The lowest BCUT2D eigenvalue weighted by Gasteiger charge is -2.25. The quantitative estimate of drug-likeness (QED) is 0.523. The minimum absolute atomic E-state index is 0.0281. The molecule has 1 heterocycles. The Morgan fingerprint density at radius 2 is 1.88 bits per heavy atom. The third kappa shape index (κ3) is 3.82. The predicted octanol–water partition coefficient (Wildman–Crippen LogP) is 3.12. The summed E-state index contributed by atoms with van der Waals surface area (Å²) in [5.41, 5.74) is 0.194. The van der Waals surface area contributed by atoms with Crippen molar-refractivity contribution in [3.63, 3.8) is 0 Å². The van der Waals surface area contributed by atoms with Gasteiger partial charge in [0, 0.05) is 6.04 Å². The lowest BCUT2D eigenvalue weighted by atomic mass is 10.2. The Labute approximate surface area is 162 Å². The van der Waals surface area contributed by atoms with Crippen molar-refractivity contribution in [2.75, 3.05) is 28.6 Å². The van der Waals surface area contributed by atoms with Crippen LogP contribution >= 0.6 is 23.2 Å². The summed E-state index contributed by atoms with van der Waals surface area (Å²) in [6, 6.07) is 1.95. The largest absolute Gasteiger partial charge is 0.332 e. The number of anilines is 2. The van der Waals surface area contributed by atoms with E-state index in [1.165, 1.54) is 23.1 Å². The summed E-state index contributed by atoms with van der Waals surface area (Å²) < 4.78 is 25.2. The van der Waals surface area contributed by atoms with Gasteiger partial charge in [0.1, 0.15) is 6.54 Å². The zero-order valence-corrected chi connectivity index (χ0v) is 16.9. The van der Waals surface area contributed by atoms with E-state index >= 15 is 0 Å². The normalized spacial score (nSPS) is 15.2. The molecule has 1 aromatic carbocycles. The Morgan fingerprint density at radius 3 is 2.35 bits per heavy atom. The molecule has 1 fully saturated rings. The number of carbonyl (C=O) groups excluding carboxylic acids is 2. The third-order valence-corrected chi connectivity index (χ3v) is 5.59. The molecule has 1 saturated heterocycles. The van der Waals surface area contributed by atoms with Crippen LogP contribution in [-0.2, 0) is 14.8 Å². The van der Waals surface area contributed by atoms with Crippen molar-refractivity contribution in [1.82, 2.24) is 4.90 Å². The molecule has 7 nitrogen and oxygen atoms in total. The molecule has 0 aromatic heterocycles. The Hall–Kier alpha value is -1.77. The van der Waals surface area contributed by atoms with Crippen LogP contribution in [0.3, 0.4) is 0 Å². The molecular formula is C16H19Cl2N3O4S. The minimum atomic E-state index is -3.67. The maximum atomic E-state index is 12.6. The molecule has 1 aliphatic rings. The summed E-state index contributed by atoms with van der Waals surface area (Å²) in [7, 11) is -3.67. The van der Waals surface area contributed by atoms with Crippen LogP contribution in [0, 0.1) is 0 Å². The van der Waals surface area contributed by atoms with Gasteiger partial charge < -0.3 is 4.90 Å². The highest BCUT2D eigenvalue weighted by molar-refractivity contribution is 7.92. The monoisotopic (exact) mass is 419 g/mol. The zero-order valence-electron chi connectivity index (χ0n) is 14.6. The maximum absolute atomic E-state index is 12.6. The fraction of sp³-hybridized carbons (Fsp3) is 0.375. The number of urea groups is 1. The molecule has 0 saturated carbocycles. The molecule has 10 heteroatoms. The zero-order chi connectivity index (χ0) is 19.8. The molecular weight excluding hydrogens is 401 g/mol. The van der Waals surface area contributed by atoms with E-state index in [0.717, 1.165) is 15.5 Å². The Balaban J connectivity index is 2.60. The average Bonchev–Trinajstić information content (AvgIpc) is 2.80. The Bertz CT molecular complexity index is 870. The topological polar surface area (TPSA) is 78.0 Å². The predicted molar refractivity (Wildman–Crippen MR) is 104 cm³/mol. The van der Waals surface area contributed by atoms with Crippen molar-refractivity contribution in [2.45, 2.75) is 19.9 Å². The van der Waals surface area contributed by atoms with E-state index in [1.54, 1.807) is 13.8 Å². The second-order valence-corrected chi connectivity index (χ2v) is 8.79. The highest BCUT2D eigenvalue weighted by Gasteiger charge is 2.39. The first kappa shape index (κ1) is 20.5. The number of nitrogens with zero attached hydrogens (tertiary/aromatic N) is 3. The number of halogens is 2. The molecule has 3 amide bonds. The number of hydrogen-bond acceptors (Lipinski definition) is 4.